The summed E-state index contributed by atoms with van der Waals surface area (Å²) in [5, 5.41) is 7.22. The highest BCUT2D eigenvalue weighted by molar-refractivity contribution is 5.93. The second kappa shape index (κ2) is 8.78. The molecule has 2 heterocycles. The number of amides is 1. The van der Waals surface area contributed by atoms with Gasteiger partial charge in [0.25, 0.3) is 11.6 Å². The van der Waals surface area contributed by atoms with E-state index in [1.54, 1.807) is 12.1 Å². The van der Waals surface area contributed by atoms with Gasteiger partial charge in [-0.2, -0.15) is 4.98 Å². The molecule has 9 heteroatoms. The van der Waals surface area contributed by atoms with E-state index in [4.69, 9.17) is 9.26 Å². The number of hydrogen-bond acceptors (Lipinski definition) is 7. The molecule has 1 amide bonds. The van der Waals surface area contributed by atoms with Gasteiger partial charge in [0, 0.05) is 31.9 Å². The van der Waals surface area contributed by atoms with Gasteiger partial charge in [0.05, 0.1) is 0 Å². The van der Waals surface area contributed by atoms with E-state index in [1.165, 1.54) is 18.5 Å². The Morgan fingerprint density at radius 3 is 2.55 bits per heavy atom. The number of hydrogen-bond donors (Lipinski definition) is 1. The van der Waals surface area contributed by atoms with Crippen molar-refractivity contribution in [2.75, 3.05) is 25.6 Å². The van der Waals surface area contributed by atoms with Gasteiger partial charge in [-0.05, 0) is 42.0 Å². The van der Waals surface area contributed by atoms with Crippen molar-refractivity contribution in [1.29, 1.82) is 0 Å². The molecule has 0 spiro atoms. The van der Waals surface area contributed by atoms with Crippen LogP contribution in [0.5, 0.6) is 5.88 Å². The van der Waals surface area contributed by atoms with E-state index < -0.39 is 0 Å². The van der Waals surface area contributed by atoms with Gasteiger partial charge in [-0.15, -0.1) is 0 Å². The van der Waals surface area contributed by atoms with Crippen molar-refractivity contribution in [1.82, 2.24) is 20.4 Å². The van der Waals surface area contributed by atoms with Crippen LogP contribution in [0.4, 0.5) is 10.1 Å². The lowest BCUT2D eigenvalue weighted by Crippen LogP contribution is -2.28. The van der Waals surface area contributed by atoms with Crippen LogP contribution in [-0.4, -0.2) is 41.7 Å². The zero-order valence-corrected chi connectivity index (χ0v) is 17.0. The molecule has 0 atom stereocenters. The first-order valence-electron chi connectivity index (χ1n) is 9.53. The van der Waals surface area contributed by atoms with E-state index >= 15 is 0 Å². The van der Waals surface area contributed by atoms with E-state index in [0.29, 0.717) is 23.2 Å². The maximum Gasteiger partial charge on any atom is 0.265 e. The number of aromatic nitrogens is 3. The molecule has 0 fully saturated rings. The van der Waals surface area contributed by atoms with E-state index in [-0.39, 0.29) is 29.9 Å². The minimum Gasteiger partial charge on any atom is -0.467 e. The summed E-state index contributed by atoms with van der Waals surface area (Å²) in [5.41, 5.74) is 3.29. The van der Waals surface area contributed by atoms with Gasteiger partial charge in [-0.3, -0.25) is 4.79 Å². The molecule has 0 bridgehead atoms. The van der Waals surface area contributed by atoms with Crippen molar-refractivity contribution >= 4 is 22.7 Å². The highest BCUT2D eigenvalue weighted by atomic mass is 19.1. The first-order valence-corrected chi connectivity index (χ1v) is 9.53. The fourth-order valence-electron chi connectivity index (χ4n) is 2.97. The van der Waals surface area contributed by atoms with Crippen LogP contribution in [0.3, 0.4) is 0 Å². The first kappa shape index (κ1) is 20.3. The van der Waals surface area contributed by atoms with Crippen molar-refractivity contribution in [2.24, 2.45) is 0 Å². The summed E-state index contributed by atoms with van der Waals surface area (Å²) in [6.45, 7) is 0.138. The molecule has 0 aliphatic heterocycles. The number of carbonyl (C=O) groups excluding carboxylic acids is 1. The zero-order valence-electron chi connectivity index (χ0n) is 17.0. The average Bonchev–Trinajstić information content (AvgIpc) is 3.22. The number of carbonyl (C=O) groups is 1. The maximum atomic E-state index is 13.2. The Bertz CT molecular complexity index is 1190. The largest absolute Gasteiger partial charge is 0.467 e. The second-order valence-electron chi connectivity index (χ2n) is 7.02. The van der Waals surface area contributed by atoms with Crippen LogP contribution in [0, 0.1) is 5.82 Å². The van der Waals surface area contributed by atoms with Crippen LogP contribution in [0.1, 0.15) is 5.56 Å². The number of fused-ring (bicyclic) bond motifs is 1. The normalized spacial score (nSPS) is 10.8. The quantitative estimate of drug-likeness (QED) is 0.490. The molecule has 4 rings (SSSR count). The lowest BCUT2D eigenvalue weighted by molar-refractivity contribution is -0.123. The van der Waals surface area contributed by atoms with Crippen LogP contribution in [0.15, 0.2) is 59.4 Å². The lowest BCUT2D eigenvalue weighted by Gasteiger charge is -2.13. The molecule has 31 heavy (non-hydrogen) atoms. The lowest BCUT2D eigenvalue weighted by atomic mass is 10.1. The summed E-state index contributed by atoms with van der Waals surface area (Å²) in [4.78, 5) is 22.4. The molecule has 0 aliphatic rings. The summed E-state index contributed by atoms with van der Waals surface area (Å²) in [5.74, 6) is -0.503. The van der Waals surface area contributed by atoms with Crippen LogP contribution in [0.2, 0.25) is 0 Å². The molecule has 0 aliphatic carbocycles. The summed E-state index contributed by atoms with van der Waals surface area (Å²) in [6.07, 6.45) is 1.27. The average molecular weight is 421 g/mol. The highest BCUT2D eigenvalue weighted by Crippen LogP contribution is 2.32. The number of nitrogens with one attached hydrogen (secondary N) is 1. The smallest absolute Gasteiger partial charge is 0.265 e. The monoisotopic (exact) mass is 421 g/mol. The minimum absolute atomic E-state index is 0.163. The standard InChI is InChI=1S/C22H20FN5O3/c1-28(2)17-9-3-14(4-10-17)11-24-18(29)12-30-21-19-20(15-5-7-16(23)8-6-15)27-31-22(19)26-13-25-21/h3-10,13H,11-12H2,1-2H3,(H,24,29). The fourth-order valence-corrected chi connectivity index (χ4v) is 2.97. The minimum atomic E-state index is -0.364. The Morgan fingerprint density at radius 2 is 1.84 bits per heavy atom. The Balaban J connectivity index is 1.43. The fraction of sp³-hybridized carbons (Fsp3) is 0.182. The third-order valence-corrected chi connectivity index (χ3v) is 4.64. The number of ether oxygens (including phenoxy) is 1. The zero-order chi connectivity index (χ0) is 21.8. The van der Waals surface area contributed by atoms with Gasteiger partial charge in [0.15, 0.2) is 6.61 Å². The molecule has 0 unspecified atom stereocenters. The summed E-state index contributed by atoms with van der Waals surface area (Å²) >= 11 is 0. The molecular formula is C22H20FN5O3. The van der Waals surface area contributed by atoms with E-state index in [9.17, 15) is 9.18 Å². The number of rotatable bonds is 7. The molecule has 1 N–H and O–H groups in total. The summed E-state index contributed by atoms with van der Waals surface area (Å²) in [6, 6.07) is 13.6. The van der Waals surface area contributed by atoms with Crippen LogP contribution < -0.4 is 15.0 Å². The third kappa shape index (κ3) is 4.61. The Hall–Kier alpha value is -4.01. The highest BCUT2D eigenvalue weighted by Gasteiger charge is 2.18. The van der Waals surface area contributed by atoms with Crippen LogP contribution in [0.25, 0.3) is 22.4 Å². The van der Waals surface area contributed by atoms with Crippen molar-refractivity contribution in [3.63, 3.8) is 0 Å². The first-order chi connectivity index (χ1) is 15.0. The summed E-state index contributed by atoms with van der Waals surface area (Å²) in [7, 11) is 3.94. The van der Waals surface area contributed by atoms with Gasteiger partial charge in [-0.1, -0.05) is 17.3 Å². The number of halogens is 1. The Morgan fingerprint density at radius 1 is 1.10 bits per heavy atom. The van der Waals surface area contributed by atoms with Crippen molar-refractivity contribution < 1.29 is 18.4 Å². The number of nitrogens with zero attached hydrogens (tertiary/aromatic N) is 4. The van der Waals surface area contributed by atoms with Gasteiger partial charge >= 0.3 is 0 Å². The Kier molecular flexibility index (Phi) is 5.74. The van der Waals surface area contributed by atoms with E-state index in [0.717, 1.165) is 11.3 Å². The molecule has 2 aromatic heterocycles. The molecule has 158 valence electrons. The molecule has 8 nitrogen and oxygen atoms in total. The SMILES string of the molecule is CN(C)c1ccc(CNC(=O)COc2ncnc3onc(-c4ccc(F)cc4)c23)cc1. The van der Waals surface area contributed by atoms with Gasteiger partial charge in [0.1, 0.15) is 23.2 Å². The van der Waals surface area contributed by atoms with Crippen molar-refractivity contribution in [3.8, 4) is 17.1 Å². The van der Waals surface area contributed by atoms with Gasteiger partial charge in [-0.25, -0.2) is 9.37 Å². The van der Waals surface area contributed by atoms with Gasteiger partial charge < -0.3 is 19.5 Å². The van der Waals surface area contributed by atoms with Crippen molar-refractivity contribution in [2.45, 2.75) is 6.54 Å². The predicted octanol–water partition coefficient (Wildman–Crippen LogP) is 3.19. The maximum absolute atomic E-state index is 13.2. The van der Waals surface area contributed by atoms with Crippen LogP contribution in [-0.2, 0) is 11.3 Å². The van der Waals surface area contributed by atoms with Gasteiger partial charge in [0.2, 0.25) is 5.88 Å². The third-order valence-electron chi connectivity index (χ3n) is 4.64. The van der Waals surface area contributed by atoms with E-state index in [2.05, 4.69) is 20.4 Å². The molecule has 0 saturated carbocycles. The topological polar surface area (TPSA) is 93.4 Å². The summed E-state index contributed by atoms with van der Waals surface area (Å²) < 4.78 is 24.1. The molecular weight excluding hydrogens is 401 g/mol. The molecule has 2 aromatic carbocycles. The van der Waals surface area contributed by atoms with Crippen molar-refractivity contribution in [3.05, 3.63) is 66.2 Å². The molecule has 4 aromatic rings. The molecule has 0 saturated heterocycles. The number of anilines is 1. The predicted molar refractivity (Wildman–Crippen MR) is 113 cm³/mol. The second-order valence-corrected chi connectivity index (χ2v) is 7.02. The Labute approximate surface area is 177 Å². The van der Waals surface area contributed by atoms with Crippen LogP contribution >= 0.6 is 0 Å². The number of benzene rings is 2. The van der Waals surface area contributed by atoms with E-state index in [1.807, 2.05) is 43.3 Å². The molecule has 0 radical (unpaired) electrons.